The average Bonchev–Trinajstić information content (AvgIpc) is 3.14. The van der Waals surface area contributed by atoms with E-state index in [1.165, 1.54) is 5.56 Å². The van der Waals surface area contributed by atoms with E-state index in [1.54, 1.807) is 0 Å². The highest BCUT2D eigenvalue weighted by molar-refractivity contribution is 5.16. The van der Waals surface area contributed by atoms with Crippen molar-refractivity contribution in [3.63, 3.8) is 0 Å². The monoisotopic (exact) mass is 386 g/mol. The smallest absolute Gasteiger partial charge is 0.135 e. The zero-order chi connectivity index (χ0) is 19.4. The molecule has 1 aromatic heterocycles. The first kappa shape index (κ1) is 19.5. The molecule has 2 aromatic rings. The number of nitrogens with zero attached hydrogens (tertiary/aromatic N) is 3. The van der Waals surface area contributed by atoms with Crippen LogP contribution in [0.2, 0.25) is 0 Å². The van der Waals surface area contributed by atoms with E-state index in [0.717, 1.165) is 31.2 Å². The quantitative estimate of drug-likeness (QED) is 0.744. The highest BCUT2D eigenvalue weighted by Crippen LogP contribution is 2.26. The molecule has 0 unspecified atom stereocenters. The molecule has 0 aliphatic carbocycles. The maximum atomic E-state index is 10.4. The molecule has 0 radical (unpaired) electrons. The van der Waals surface area contributed by atoms with E-state index in [2.05, 4.69) is 51.0 Å². The molecule has 0 amide bonds. The molecule has 152 valence electrons. The molecule has 1 fully saturated rings. The van der Waals surface area contributed by atoms with Gasteiger partial charge in [0.05, 0.1) is 37.7 Å². The van der Waals surface area contributed by atoms with E-state index in [4.69, 9.17) is 9.47 Å². The lowest BCUT2D eigenvalue weighted by atomic mass is 9.94. The molecule has 4 rings (SSSR count). The SMILES string of the molecule is C[C@@H]1COC[C@@](CO)(CNCc2cnc3n2CCOC3)N1Cc1ccccc1. The number of imidazole rings is 1. The summed E-state index contributed by atoms with van der Waals surface area (Å²) in [7, 11) is 0. The number of fused-ring (bicyclic) bond motifs is 1. The van der Waals surface area contributed by atoms with Crippen LogP contribution in [0.15, 0.2) is 36.5 Å². The maximum absolute atomic E-state index is 10.4. The summed E-state index contributed by atoms with van der Waals surface area (Å²) in [5, 5.41) is 13.9. The van der Waals surface area contributed by atoms with Gasteiger partial charge in [-0.25, -0.2) is 4.98 Å². The summed E-state index contributed by atoms with van der Waals surface area (Å²) in [5.74, 6) is 0.986. The van der Waals surface area contributed by atoms with E-state index in [1.807, 2.05) is 12.3 Å². The lowest BCUT2D eigenvalue weighted by Gasteiger charge is -2.49. The van der Waals surface area contributed by atoms with Crippen molar-refractivity contribution in [1.82, 2.24) is 19.8 Å². The van der Waals surface area contributed by atoms with Gasteiger partial charge < -0.3 is 24.5 Å². The first-order valence-electron chi connectivity index (χ1n) is 10.0. The number of aliphatic hydroxyl groups is 1. The van der Waals surface area contributed by atoms with Crippen molar-refractivity contribution in [2.45, 2.75) is 44.7 Å². The average molecular weight is 386 g/mol. The molecule has 2 aliphatic heterocycles. The molecule has 1 aromatic carbocycles. The minimum Gasteiger partial charge on any atom is -0.394 e. The largest absolute Gasteiger partial charge is 0.394 e. The summed E-state index contributed by atoms with van der Waals surface area (Å²) in [6.07, 6.45) is 1.92. The van der Waals surface area contributed by atoms with Crippen molar-refractivity contribution < 1.29 is 14.6 Å². The second-order valence-corrected chi connectivity index (χ2v) is 7.83. The molecule has 0 saturated carbocycles. The molecular formula is C21H30N4O3. The van der Waals surface area contributed by atoms with Crippen LogP contribution in [0.1, 0.15) is 24.0 Å². The third-order valence-electron chi connectivity index (χ3n) is 5.83. The summed E-state index contributed by atoms with van der Waals surface area (Å²) < 4.78 is 13.5. The van der Waals surface area contributed by atoms with Crippen LogP contribution in [0.5, 0.6) is 0 Å². The van der Waals surface area contributed by atoms with Crippen LogP contribution in [0.4, 0.5) is 0 Å². The molecule has 0 spiro atoms. The van der Waals surface area contributed by atoms with E-state index < -0.39 is 5.54 Å². The Morgan fingerprint density at radius 1 is 1.29 bits per heavy atom. The number of aliphatic hydroxyl groups excluding tert-OH is 1. The number of aromatic nitrogens is 2. The Kier molecular flexibility index (Phi) is 6.08. The van der Waals surface area contributed by atoms with Gasteiger partial charge in [-0.15, -0.1) is 0 Å². The third-order valence-corrected chi connectivity index (χ3v) is 5.83. The Hall–Kier alpha value is -1.77. The molecule has 0 bridgehead atoms. The van der Waals surface area contributed by atoms with Crippen molar-refractivity contribution in [2.24, 2.45) is 0 Å². The minimum atomic E-state index is -0.443. The highest BCUT2D eigenvalue weighted by atomic mass is 16.5. The zero-order valence-corrected chi connectivity index (χ0v) is 16.5. The maximum Gasteiger partial charge on any atom is 0.135 e. The number of benzene rings is 1. The lowest BCUT2D eigenvalue weighted by molar-refractivity contribution is -0.122. The zero-order valence-electron chi connectivity index (χ0n) is 16.5. The van der Waals surface area contributed by atoms with Crippen LogP contribution < -0.4 is 5.32 Å². The Bertz CT molecular complexity index is 766. The van der Waals surface area contributed by atoms with E-state index >= 15 is 0 Å². The summed E-state index contributed by atoms with van der Waals surface area (Å²) in [4.78, 5) is 6.84. The minimum absolute atomic E-state index is 0.0511. The van der Waals surface area contributed by atoms with Gasteiger partial charge >= 0.3 is 0 Å². The van der Waals surface area contributed by atoms with Gasteiger partial charge in [-0.05, 0) is 12.5 Å². The summed E-state index contributed by atoms with van der Waals surface area (Å²) >= 11 is 0. The van der Waals surface area contributed by atoms with Crippen molar-refractivity contribution >= 4 is 0 Å². The molecule has 7 heteroatoms. The molecule has 3 heterocycles. The molecule has 7 nitrogen and oxygen atoms in total. The van der Waals surface area contributed by atoms with Crippen molar-refractivity contribution in [1.29, 1.82) is 0 Å². The molecule has 28 heavy (non-hydrogen) atoms. The summed E-state index contributed by atoms with van der Waals surface area (Å²) in [5.41, 5.74) is 1.96. The third kappa shape index (κ3) is 3.99. The number of morpholine rings is 1. The number of ether oxygens (including phenoxy) is 2. The fourth-order valence-electron chi connectivity index (χ4n) is 4.23. The normalized spacial score (nSPS) is 25.6. The predicted octanol–water partition coefficient (Wildman–Crippen LogP) is 1.15. The Balaban J connectivity index is 1.45. The van der Waals surface area contributed by atoms with Gasteiger partial charge in [-0.3, -0.25) is 4.90 Å². The molecule has 2 atom stereocenters. The van der Waals surface area contributed by atoms with Crippen LogP contribution in [0, 0.1) is 0 Å². The van der Waals surface area contributed by atoms with Crippen LogP contribution in [-0.2, 0) is 35.7 Å². The van der Waals surface area contributed by atoms with Crippen molar-refractivity contribution in [3.05, 3.63) is 53.6 Å². The molecule has 2 N–H and O–H groups in total. The first-order valence-corrected chi connectivity index (χ1v) is 10.0. The number of nitrogens with one attached hydrogen (secondary N) is 1. The van der Waals surface area contributed by atoms with Crippen LogP contribution in [0.3, 0.4) is 0 Å². The Labute approximate surface area is 166 Å². The fourth-order valence-corrected chi connectivity index (χ4v) is 4.23. The van der Waals surface area contributed by atoms with Crippen LogP contribution in [0.25, 0.3) is 0 Å². The lowest BCUT2D eigenvalue weighted by Crippen LogP contribution is -2.66. The van der Waals surface area contributed by atoms with E-state index in [0.29, 0.717) is 32.9 Å². The van der Waals surface area contributed by atoms with Gasteiger partial charge in [0.2, 0.25) is 0 Å². The van der Waals surface area contributed by atoms with Gasteiger partial charge in [0.1, 0.15) is 12.4 Å². The molecule has 1 saturated heterocycles. The van der Waals surface area contributed by atoms with Gasteiger partial charge in [0.25, 0.3) is 0 Å². The van der Waals surface area contributed by atoms with Crippen molar-refractivity contribution in [2.75, 3.05) is 33.0 Å². The van der Waals surface area contributed by atoms with E-state index in [-0.39, 0.29) is 12.6 Å². The first-order chi connectivity index (χ1) is 13.7. The second-order valence-electron chi connectivity index (χ2n) is 7.83. The van der Waals surface area contributed by atoms with Gasteiger partial charge in [0.15, 0.2) is 0 Å². The summed E-state index contributed by atoms with van der Waals surface area (Å²) in [6.45, 7) is 7.74. The van der Waals surface area contributed by atoms with Crippen LogP contribution in [-0.4, -0.2) is 64.1 Å². The Morgan fingerprint density at radius 2 is 2.14 bits per heavy atom. The van der Waals surface area contributed by atoms with Crippen LogP contribution >= 0.6 is 0 Å². The van der Waals surface area contributed by atoms with Gasteiger partial charge in [-0.2, -0.15) is 0 Å². The second kappa shape index (κ2) is 8.71. The number of hydrogen-bond donors (Lipinski definition) is 2. The topological polar surface area (TPSA) is 71.8 Å². The predicted molar refractivity (Wildman–Crippen MR) is 106 cm³/mol. The number of rotatable bonds is 7. The van der Waals surface area contributed by atoms with Crippen molar-refractivity contribution in [3.8, 4) is 0 Å². The molecular weight excluding hydrogens is 356 g/mol. The van der Waals surface area contributed by atoms with E-state index in [9.17, 15) is 5.11 Å². The number of hydrogen-bond acceptors (Lipinski definition) is 6. The fraction of sp³-hybridized carbons (Fsp3) is 0.571. The molecule has 2 aliphatic rings. The standard InChI is InChI=1S/C21H30N4O3/c1-17-12-28-16-21(15-26,25(17)11-18-5-3-2-4-6-18)14-22-9-19-10-23-20-13-27-8-7-24(19)20/h2-6,10,17,22,26H,7-9,11-16H2,1H3/t17-,21+/m1/s1. The van der Waals surface area contributed by atoms with Gasteiger partial charge in [0, 0.05) is 38.4 Å². The summed E-state index contributed by atoms with van der Waals surface area (Å²) in [6, 6.07) is 10.7. The Morgan fingerprint density at radius 3 is 2.96 bits per heavy atom. The highest BCUT2D eigenvalue weighted by Gasteiger charge is 2.42. The van der Waals surface area contributed by atoms with Gasteiger partial charge in [-0.1, -0.05) is 30.3 Å².